The Morgan fingerprint density at radius 1 is 0.268 bits per heavy atom. The largest absolute Gasteiger partial charge is 0.507 e. The first-order chi connectivity index (χ1) is 60.8. The molecule has 0 radical (unpaired) electrons. The smallest absolute Gasteiger partial charge is 0.143 e. The first-order valence-electron chi connectivity index (χ1n) is 42.2. The van der Waals surface area contributed by atoms with Crippen LogP contribution in [0, 0.1) is 6.92 Å². The van der Waals surface area contributed by atoms with Crippen LogP contribution in [0.4, 0.5) is 45.5 Å². The molecular weight excluding hydrogens is 1500 g/mol. The zero-order valence-electron chi connectivity index (χ0n) is 67.4. The summed E-state index contributed by atoms with van der Waals surface area (Å²) in [5, 5.41) is 22.6. The molecule has 580 valence electrons. The molecule has 0 spiro atoms. The minimum absolute atomic E-state index is 0.175. The first kappa shape index (κ1) is 72.2. The van der Waals surface area contributed by atoms with Crippen LogP contribution in [-0.2, 0) is 0 Å². The molecule has 2 aliphatic rings. The summed E-state index contributed by atoms with van der Waals surface area (Å²) in [4.78, 5) is 7.28. The standard InChI is InChI=1S/C117H79N3O3/c1-75-96(99-31-6-12-43-109(99)118(91-60-53-78(54-61-91)83-27-18-28-84(67-83)86-51-49-76-23-2-4-25-81(76)68-86)92-62-55-79(56-63-92)85-29-19-30-94(71-85)120-111-45-14-7-32-100(111)101-33-8-15-46-112(101)120)37-20-38-97(75)106-40-21-39-98(116(106)121)90-70-89(87-52-50-77-24-3-5-26-82(77)69-87)72-95(73-90)119(93-64-57-80(58-65-93)88-59-66-105-103-35-10-16-47-113(103)122-115(105)74-88)110-44-13-9-34-102(110)107-41-22-42-108-104-36-11-17-48-114(104)123-117(107)108/h2-74,100,111,121H,1H3. The SMILES string of the molecule is Cc1c(-c2ccccc2N(c2ccc(-c3cccc(-c4ccc5ccccc5c4)c3)cc2)c2ccc(-c3cccc(N4c5ccccc5C5C=CC=CC54)c3)cc2)cccc1-c1cccc(-c2cc(-c3ccc4ccccc4c3)cc(N(c3ccc(-c4ccc5c(c4)oc4ccccc45)cc3)c3ccccc3-c3cccc4c3oc3ccccc34)c2)c1O. The van der Waals surface area contributed by atoms with Crippen molar-refractivity contribution in [3.05, 3.63) is 454 Å². The van der Waals surface area contributed by atoms with Crippen molar-refractivity contribution in [2.45, 2.75) is 18.9 Å². The van der Waals surface area contributed by atoms with Gasteiger partial charge in [-0.25, -0.2) is 0 Å². The fourth-order valence-electron chi connectivity index (χ4n) is 19.2. The summed E-state index contributed by atoms with van der Waals surface area (Å²) in [5.74, 6) is 0.463. The zero-order chi connectivity index (χ0) is 81.6. The van der Waals surface area contributed by atoms with Gasteiger partial charge in [0.25, 0.3) is 0 Å². The molecule has 0 saturated heterocycles. The summed E-state index contributed by atoms with van der Waals surface area (Å²) in [6.07, 6.45) is 9.05. The third kappa shape index (κ3) is 12.8. The van der Waals surface area contributed by atoms with Crippen molar-refractivity contribution in [2.75, 3.05) is 14.7 Å². The second-order valence-corrected chi connectivity index (χ2v) is 32.4. The van der Waals surface area contributed by atoms with Crippen molar-refractivity contribution in [1.29, 1.82) is 0 Å². The van der Waals surface area contributed by atoms with Gasteiger partial charge in [0.15, 0.2) is 0 Å². The van der Waals surface area contributed by atoms with Gasteiger partial charge in [-0.1, -0.05) is 315 Å². The van der Waals surface area contributed by atoms with Gasteiger partial charge in [-0.2, -0.15) is 0 Å². The number of aromatic hydroxyl groups is 1. The van der Waals surface area contributed by atoms with E-state index in [9.17, 15) is 5.11 Å². The molecule has 123 heavy (non-hydrogen) atoms. The van der Waals surface area contributed by atoms with Gasteiger partial charge in [0.2, 0.25) is 0 Å². The van der Waals surface area contributed by atoms with Crippen LogP contribution in [0.5, 0.6) is 5.75 Å². The molecule has 2 unspecified atom stereocenters. The lowest BCUT2D eigenvalue weighted by atomic mass is 9.89. The fraction of sp³-hybridized carbons (Fsp3) is 0.0256. The fourth-order valence-corrected chi connectivity index (χ4v) is 19.2. The van der Waals surface area contributed by atoms with E-state index < -0.39 is 0 Å². The number of phenols is 1. The number of furan rings is 2. The first-order valence-corrected chi connectivity index (χ1v) is 42.2. The van der Waals surface area contributed by atoms with E-state index in [2.05, 4.69) is 440 Å². The van der Waals surface area contributed by atoms with E-state index in [1.54, 1.807) is 0 Å². The van der Waals surface area contributed by atoms with Gasteiger partial charge in [0.1, 0.15) is 28.1 Å². The predicted octanol–water partition coefficient (Wildman–Crippen LogP) is 32.5. The molecule has 6 heteroatoms. The Morgan fingerprint density at radius 2 is 0.699 bits per heavy atom. The molecule has 0 fully saturated rings. The molecule has 6 nitrogen and oxygen atoms in total. The Balaban J connectivity index is 0.647. The molecule has 2 atom stereocenters. The van der Waals surface area contributed by atoms with Crippen LogP contribution in [-0.4, -0.2) is 11.1 Å². The Hall–Kier alpha value is -16.0. The summed E-state index contributed by atoms with van der Waals surface area (Å²) in [6.45, 7) is 2.20. The summed E-state index contributed by atoms with van der Waals surface area (Å²) < 4.78 is 13.3. The lowest BCUT2D eigenvalue weighted by molar-refractivity contribution is 0.479. The van der Waals surface area contributed by atoms with Gasteiger partial charge in [-0.3, -0.25) is 0 Å². The lowest BCUT2D eigenvalue weighted by Crippen LogP contribution is -2.28. The highest BCUT2D eigenvalue weighted by Gasteiger charge is 2.37. The van der Waals surface area contributed by atoms with E-state index >= 15 is 0 Å². The van der Waals surface area contributed by atoms with Crippen LogP contribution in [0.1, 0.15) is 17.0 Å². The van der Waals surface area contributed by atoms with Crippen LogP contribution < -0.4 is 14.7 Å². The number of hydrogen-bond acceptors (Lipinski definition) is 6. The summed E-state index contributed by atoms with van der Waals surface area (Å²) in [7, 11) is 0. The van der Waals surface area contributed by atoms with Gasteiger partial charge in [0.05, 0.1) is 17.4 Å². The predicted molar refractivity (Wildman–Crippen MR) is 514 cm³/mol. The number of allylic oxidation sites excluding steroid dienone is 2. The molecule has 1 aliphatic carbocycles. The molecule has 3 heterocycles. The summed E-state index contributed by atoms with van der Waals surface area (Å²) >= 11 is 0. The van der Waals surface area contributed by atoms with Gasteiger partial charge in [-0.05, 0) is 239 Å². The van der Waals surface area contributed by atoms with E-state index in [-0.39, 0.29) is 17.7 Å². The number of hydrogen-bond donors (Lipinski definition) is 1. The molecule has 21 aromatic rings. The molecule has 23 rings (SSSR count). The van der Waals surface area contributed by atoms with E-state index in [0.717, 1.165) is 183 Å². The highest BCUT2D eigenvalue weighted by Crippen LogP contribution is 2.53. The number of fused-ring (bicyclic) bond motifs is 11. The molecule has 1 aliphatic heterocycles. The number of rotatable bonds is 16. The number of para-hydroxylation sites is 7. The van der Waals surface area contributed by atoms with Crippen molar-refractivity contribution < 1.29 is 13.9 Å². The topological polar surface area (TPSA) is 56.2 Å². The maximum Gasteiger partial charge on any atom is 0.143 e. The van der Waals surface area contributed by atoms with Crippen LogP contribution >= 0.6 is 0 Å². The van der Waals surface area contributed by atoms with Crippen LogP contribution in [0.25, 0.3) is 166 Å². The average molecular weight is 1570 g/mol. The third-order valence-corrected chi connectivity index (χ3v) is 25.3. The van der Waals surface area contributed by atoms with Crippen molar-refractivity contribution in [1.82, 2.24) is 0 Å². The number of nitrogens with zero attached hydrogens (tertiary/aromatic N) is 3. The van der Waals surface area contributed by atoms with Gasteiger partial charge >= 0.3 is 0 Å². The van der Waals surface area contributed by atoms with E-state index in [1.807, 2.05) is 24.3 Å². The van der Waals surface area contributed by atoms with E-state index in [4.69, 9.17) is 8.83 Å². The van der Waals surface area contributed by atoms with Gasteiger partial charge < -0.3 is 28.6 Å². The highest BCUT2D eigenvalue weighted by molar-refractivity contribution is 6.12. The molecular formula is C117H79N3O3. The van der Waals surface area contributed by atoms with Crippen molar-refractivity contribution in [3.8, 4) is 106 Å². The molecule has 0 bridgehead atoms. The number of benzene rings is 19. The normalized spacial score (nSPS) is 13.5. The molecule has 2 aromatic heterocycles. The zero-order valence-corrected chi connectivity index (χ0v) is 67.4. The third-order valence-electron chi connectivity index (χ3n) is 25.3. The minimum atomic E-state index is 0.175. The van der Waals surface area contributed by atoms with E-state index in [0.29, 0.717) is 5.56 Å². The maximum absolute atomic E-state index is 13.6. The summed E-state index contributed by atoms with van der Waals surface area (Å²) in [6, 6.07) is 151. The molecule has 0 saturated carbocycles. The van der Waals surface area contributed by atoms with Crippen LogP contribution in [0.15, 0.2) is 452 Å². The average Bonchev–Trinajstić information content (AvgIpc) is 1.64. The van der Waals surface area contributed by atoms with Crippen molar-refractivity contribution in [2.24, 2.45) is 0 Å². The van der Waals surface area contributed by atoms with Crippen LogP contribution in [0.3, 0.4) is 0 Å². The molecule has 19 aromatic carbocycles. The minimum Gasteiger partial charge on any atom is -0.507 e. The van der Waals surface area contributed by atoms with Gasteiger partial charge in [-0.15, -0.1) is 0 Å². The van der Waals surface area contributed by atoms with E-state index in [1.165, 1.54) is 33.2 Å². The Morgan fingerprint density at radius 3 is 1.38 bits per heavy atom. The lowest BCUT2D eigenvalue weighted by Gasteiger charge is -2.29. The Bertz CT molecular complexity index is 7820. The monoisotopic (exact) mass is 1570 g/mol. The number of anilines is 8. The highest BCUT2D eigenvalue weighted by atomic mass is 16.3. The molecule has 0 amide bonds. The van der Waals surface area contributed by atoms with Crippen LogP contribution in [0.2, 0.25) is 0 Å². The van der Waals surface area contributed by atoms with Gasteiger partial charge in [0, 0.05) is 89.4 Å². The Labute approximate surface area is 713 Å². The maximum atomic E-state index is 13.6. The molecule has 1 N–H and O–H groups in total. The quantitative estimate of drug-likeness (QED) is 0.104. The second-order valence-electron chi connectivity index (χ2n) is 32.4. The number of phenolic OH excluding ortho intramolecular Hbond substituents is 1. The Kier molecular flexibility index (Phi) is 17.7. The summed E-state index contributed by atoms with van der Waals surface area (Å²) in [5.41, 5.74) is 32.2. The van der Waals surface area contributed by atoms with Crippen molar-refractivity contribution >= 4 is 111 Å². The second kappa shape index (κ2) is 30.1. The van der Waals surface area contributed by atoms with Crippen molar-refractivity contribution in [3.63, 3.8) is 0 Å².